The number of halogens is 1. The molecule has 1 aliphatic heterocycles. The second-order valence-corrected chi connectivity index (χ2v) is 6.81. The third kappa shape index (κ3) is 3.51. The Hall–Kier alpha value is -0.540. The maximum absolute atomic E-state index is 3.68. The summed E-state index contributed by atoms with van der Waals surface area (Å²) in [5.74, 6) is 0. The number of hydrogen-bond acceptors (Lipinski definition) is 2. The van der Waals surface area contributed by atoms with Crippen LogP contribution in [0, 0.1) is 5.41 Å². The standard InChI is InChI=1S/C16H25BrN2/c1-4-16(2)7-9-19(10-8-16)14-6-5-13(12-18-3)15(17)11-14/h5-6,11,18H,4,7-10,12H2,1-3H3. The zero-order valence-corrected chi connectivity index (χ0v) is 13.9. The molecule has 1 aliphatic rings. The van der Waals surface area contributed by atoms with Crippen LogP contribution in [0.3, 0.4) is 0 Å². The molecular formula is C16H25BrN2. The van der Waals surface area contributed by atoms with Crippen LogP contribution >= 0.6 is 15.9 Å². The Kier molecular flexibility index (Phi) is 4.91. The van der Waals surface area contributed by atoms with Gasteiger partial charge in [0.05, 0.1) is 0 Å². The van der Waals surface area contributed by atoms with Crippen molar-refractivity contribution in [3.05, 3.63) is 28.2 Å². The van der Waals surface area contributed by atoms with Gasteiger partial charge in [-0.05, 0) is 43.0 Å². The van der Waals surface area contributed by atoms with Crippen LogP contribution in [0.25, 0.3) is 0 Å². The quantitative estimate of drug-likeness (QED) is 0.893. The molecule has 1 saturated heterocycles. The molecule has 1 aromatic rings. The van der Waals surface area contributed by atoms with Gasteiger partial charge in [0.25, 0.3) is 0 Å². The summed E-state index contributed by atoms with van der Waals surface area (Å²) in [7, 11) is 1.98. The third-order valence-electron chi connectivity index (χ3n) is 4.59. The molecule has 1 N–H and O–H groups in total. The van der Waals surface area contributed by atoms with Crippen molar-refractivity contribution in [1.82, 2.24) is 5.32 Å². The minimum absolute atomic E-state index is 0.555. The minimum Gasteiger partial charge on any atom is -0.371 e. The summed E-state index contributed by atoms with van der Waals surface area (Å²) in [6, 6.07) is 6.75. The van der Waals surface area contributed by atoms with E-state index in [-0.39, 0.29) is 0 Å². The predicted molar refractivity (Wildman–Crippen MR) is 86.8 cm³/mol. The van der Waals surface area contributed by atoms with E-state index in [1.807, 2.05) is 7.05 Å². The Morgan fingerprint density at radius 2 is 2.00 bits per heavy atom. The summed E-state index contributed by atoms with van der Waals surface area (Å²) in [6.07, 6.45) is 3.91. The molecule has 0 atom stereocenters. The van der Waals surface area contributed by atoms with Crippen molar-refractivity contribution >= 4 is 21.6 Å². The third-order valence-corrected chi connectivity index (χ3v) is 5.33. The fraction of sp³-hybridized carbons (Fsp3) is 0.625. The highest BCUT2D eigenvalue weighted by atomic mass is 79.9. The Balaban J connectivity index is 2.06. The molecule has 19 heavy (non-hydrogen) atoms. The van der Waals surface area contributed by atoms with E-state index in [0.717, 1.165) is 6.54 Å². The molecule has 0 aromatic heterocycles. The van der Waals surface area contributed by atoms with Gasteiger partial charge >= 0.3 is 0 Å². The van der Waals surface area contributed by atoms with Crippen LogP contribution in [0.5, 0.6) is 0 Å². The number of rotatable bonds is 4. The van der Waals surface area contributed by atoms with Gasteiger partial charge in [-0.1, -0.05) is 42.3 Å². The van der Waals surface area contributed by atoms with E-state index in [1.54, 1.807) is 0 Å². The normalized spacial score (nSPS) is 18.6. The van der Waals surface area contributed by atoms with Crippen molar-refractivity contribution < 1.29 is 0 Å². The molecule has 0 aliphatic carbocycles. The lowest BCUT2D eigenvalue weighted by Gasteiger charge is -2.40. The summed E-state index contributed by atoms with van der Waals surface area (Å²) in [6.45, 7) is 8.02. The Morgan fingerprint density at radius 1 is 1.32 bits per heavy atom. The van der Waals surface area contributed by atoms with Gasteiger partial charge in [0.15, 0.2) is 0 Å². The number of hydrogen-bond donors (Lipinski definition) is 1. The van der Waals surface area contributed by atoms with Gasteiger partial charge in [0.2, 0.25) is 0 Å². The summed E-state index contributed by atoms with van der Waals surface area (Å²) < 4.78 is 1.21. The van der Waals surface area contributed by atoms with Crippen LogP contribution in [0.15, 0.2) is 22.7 Å². The molecule has 1 aromatic carbocycles. The van der Waals surface area contributed by atoms with Crippen LogP contribution in [0.2, 0.25) is 0 Å². The molecule has 0 saturated carbocycles. The fourth-order valence-corrected chi connectivity index (χ4v) is 3.23. The number of benzene rings is 1. The lowest BCUT2D eigenvalue weighted by Crippen LogP contribution is -2.38. The van der Waals surface area contributed by atoms with Crippen molar-refractivity contribution in [2.24, 2.45) is 5.41 Å². The van der Waals surface area contributed by atoms with Crippen molar-refractivity contribution in [1.29, 1.82) is 0 Å². The highest BCUT2D eigenvalue weighted by molar-refractivity contribution is 9.10. The molecule has 2 rings (SSSR count). The van der Waals surface area contributed by atoms with E-state index >= 15 is 0 Å². The first kappa shape index (κ1) is 14.9. The van der Waals surface area contributed by atoms with Gasteiger partial charge in [-0.15, -0.1) is 0 Å². The average Bonchev–Trinajstić information content (AvgIpc) is 2.42. The zero-order valence-electron chi connectivity index (χ0n) is 12.3. The maximum atomic E-state index is 3.68. The summed E-state index contributed by atoms with van der Waals surface area (Å²) >= 11 is 3.68. The molecule has 0 bridgehead atoms. The monoisotopic (exact) mass is 324 g/mol. The van der Waals surface area contributed by atoms with Crippen LogP contribution in [0.4, 0.5) is 5.69 Å². The zero-order chi connectivity index (χ0) is 13.9. The second-order valence-electron chi connectivity index (χ2n) is 5.96. The van der Waals surface area contributed by atoms with E-state index in [9.17, 15) is 0 Å². The molecule has 0 amide bonds. The summed E-state index contributed by atoms with van der Waals surface area (Å²) in [5, 5.41) is 3.20. The molecule has 2 nitrogen and oxygen atoms in total. The van der Waals surface area contributed by atoms with Gasteiger partial charge in [-0.25, -0.2) is 0 Å². The highest BCUT2D eigenvalue weighted by Gasteiger charge is 2.28. The first-order chi connectivity index (χ1) is 9.08. The Labute approximate surface area is 125 Å². The topological polar surface area (TPSA) is 15.3 Å². The molecule has 106 valence electrons. The average molecular weight is 325 g/mol. The lowest BCUT2D eigenvalue weighted by molar-refractivity contribution is 0.238. The first-order valence-electron chi connectivity index (χ1n) is 7.26. The molecule has 3 heteroatoms. The lowest BCUT2D eigenvalue weighted by atomic mass is 9.78. The van der Waals surface area contributed by atoms with E-state index in [2.05, 4.69) is 58.2 Å². The minimum atomic E-state index is 0.555. The van der Waals surface area contributed by atoms with E-state index in [4.69, 9.17) is 0 Å². The van der Waals surface area contributed by atoms with E-state index in [1.165, 1.54) is 48.1 Å². The van der Waals surface area contributed by atoms with Gasteiger partial charge in [-0.2, -0.15) is 0 Å². The molecule has 1 fully saturated rings. The van der Waals surface area contributed by atoms with Crippen LogP contribution in [-0.2, 0) is 6.54 Å². The van der Waals surface area contributed by atoms with Crippen molar-refractivity contribution in [3.63, 3.8) is 0 Å². The fourth-order valence-electron chi connectivity index (χ4n) is 2.73. The van der Waals surface area contributed by atoms with Crippen molar-refractivity contribution in [3.8, 4) is 0 Å². The molecule has 0 spiro atoms. The SMILES string of the molecule is CCC1(C)CCN(c2ccc(CNC)c(Br)c2)CC1. The van der Waals surface area contributed by atoms with Crippen LogP contribution in [-0.4, -0.2) is 20.1 Å². The maximum Gasteiger partial charge on any atom is 0.0377 e. The smallest absolute Gasteiger partial charge is 0.0377 e. The Morgan fingerprint density at radius 3 is 2.53 bits per heavy atom. The summed E-state index contributed by atoms with van der Waals surface area (Å²) in [5.41, 5.74) is 3.23. The van der Waals surface area contributed by atoms with E-state index < -0.39 is 0 Å². The number of nitrogens with one attached hydrogen (secondary N) is 1. The van der Waals surface area contributed by atoms with Crippen LogP contribution in [0.1, 0.15) is 38.7 Å². The molecule has 0 unspecified atom stereocenters. The van der Waals surface area contributed by atoms with Crippen molar-refractivity contribution in [2.75, 3.05) is 25.0 Å². The van der Waals surface area contributed by atoms with Crippen LogP contribution < -0.4 is 10.2 Å². The largest absolute Gasteiger partial charge is 0.371 e. The number of piperidine rings is 1. The molecular weight excluding hydrogens is 300 g/mol. The first-order valence-corrected chi connectivity index (χ1v) is 8.05. The van der Waals surface area contributed by atoms with E-state index in [0.29, 0.717) is 5.41 Å². The van der Waals surface area contributed by atoms with Gasteiger partial charge in [-0.3, -0.25) is 0 Å². The highest BCUT2D eigenvalue weighted by Crippen LogP contribution is 2.36. The predicted octanol–water partition coefficient (Wildman–Crippen LogP) is 4.19. The molecule has 0 radical (unpaired) electrons. The number of anilines is 1. The van der Waals surface area contributed by atoms with Gasteiger partial charge in [0.1, 0.15) is 0 Å². The number of nitrogens with zero attached hydrogens (tertiary/aromatic N) is 1. The summed E-state index contributed by atoms with van der Waals surface area (Å²) in [4.78, 5) is 2.52. The Bertz CT molecular complexity index is 423. The van der Waals surface area contributed by atoms with Gasteiger partial charge < -0.3 is 10.2 Å². The second kappa shape index (κ2) is 6.27. The molecule has 1 heterocycles. The van der Waals surface area contributed by atoms with Crippen molar-refractivity contribution in [2.45, 2.75) is 39.7 Å². The van der Waals surface area contributed by atoms with Gasteiger partial charge in [0, 0.05) is 29.8 Å².